The van der Waals surface area contributed by atoms with Crippen molar-refractivity contribution in [2.75, 3.05) is 5.75 Å². The first-order chi connectivity index (χ1) is 15.4. The number of Topliss-reactive ketones (excluding diaryl/α,β-unsaturated/α-hetero) is 1. The summed E-state index contributed by atoms with van der Waals surface area (Å²) in [5.74, 6) is 0.511. The van der Waals surface area contributed by atoms with E-state index in [0.29, 0.717) is 22.0 Å². The Labute approximate surface area is 193 Å². The fourth-order valence-electron chi connectivity index (χ4n) is 3.32. The smallest absolute Gasteiger partial charge is 0.277 e. The van der Waals surface area contributed by atoms with Crippen LogP contribution >= 0.6 is 23.4 Å². The van der Waals surface area contributed by atoms with Crippen molar-refractivity contribution in [2.24, 2.45) is 0 Å². The van der Waals surface area contributed by atoms with E-state index in [9.17, 15) is 9.18 Å². The van der Waals surface area contributed by atoms with Crippen LogP contribution in [0.15, 0.2) is 64.2 Å². The van der Waals surface area contributed by atoms with Crippen LogP contribution in [0.2, 0.25) is 5.02 Å². The Hall–Kier alpha value is -3.10. The van der Waals surface area contributed by atoms with Gasteiger partial charge in [0.2, 0.25) is 0 Å². The molecule has 0 saturated carbocycles. The normalized spacial score (nSPS) is 11.0. The second-order valence-electron chi connectivity index (χ2n) is 6.99. The zero-order chi connectivity index (χ0) is 22.7. The van der Waals surface area contributed by atoms with Crippen molar-refractivity contribution < 1.29 is 18.3 Å². The number of hydrogen-bond acceptors (Lipinski definition) is 6. The molecule has 2 heterocycles. The standard InChI is InChI=1S/C23H19ClFN3O3S/c1-14-10-18(15(2)28(14)17-7-5-6-16(25)11-17)20(29)13-32-23-27-26-22(31-23)12-30-21-9-4-3-8-19(21)24/h3-11H,12-13H2,1-2H3. The number of ether oxygens (including phenoxy) is 1. The number of ketones is 1. The van der Waals surface area contributed by atoms with Crippen molar-refractivity contribution in [1.82, 2.24) is 14.8 Å². The second kappa shape index (κ2) is 9.58. The molecule has 32 heavy (non-hydrogen) atoms. The molecule has 0 amide bonds. The van der Waals surface area contributed by atoms with Crippen LogP contribution in [0.4, 0.5) is 4.39 Å². The summed E-state index contributed by atoms with van der Waals surface area (Å²) in [5, 5.41) is 8.65. The molecule has 0 bridgehead atoms. The van der Waals surface area contributed by atoms with Gasteiger partial charge in [0.15, 0.2) is 12.4 Å². The lowest BCUT2D eigenvalue weighted by atomic mass is 10.2. The molecule has 0 N–H and O–H groups in total. The Balaban J connectivity index is 1.39. The molecule has 0 atom stereocenters. The molecule has 0 aliphatic rings. The van der Waals surface area contributed by atoms with Gasteiger partial charge in [-0.25, -0.2) is 4.39 Å². The highest BCUT2D eigenvalue weighted by atomic mass is 35.5. The molecule has 0 spiro atoms. The lowest BCUT2D eigenvalue weighted by Crippen LogP contribution is -2.05. The van der Waals surface area contributed by atoms with Gasteiger partial charge in [0, 0.05) is 22.6 Å². The number of aromatic nitrogens is 3. The predicted octanol–water partition coefficient (Wildman–Crippen LogP) is 5.82. The number of thioether (sulfide) groups is 1. The largest absolute Gasteiger partial charge is 0.482 e. The third kappa shape index (κ3) is 4.87. The molecule has 0 aliphatic heterocycles. The maximum atomic E-state index is 13.6. The van der Waals surface area contributed by atoms with Gasteiger partial charge in [0.05, 0.1) is 10.8 Å². The molecule has 164 valence electrons. The van der Waals surface area contributed by atoms with Crippen molar-refractivity contribution >= 4 is 29.1 Å². The number of halogens is 2. The fraction of sp³-hybridized carbons (Fsp3) is 0.174. The van der Waals surface area contributed by atoms with E-state index in [0.717, 1.165) is 23.1 Å². The van der Waals surface area contributed by atoms with E-state index in [1.165, 1.54) is 12.1 Å². The number of hydrogen-bond donors (Lipinski definition) is 0. The average molecular weight is 472 g/mol. The number of benzene rings is 2. The summed E-state index contributed by atoms with van der Waals surface area (Å²) in [6.45, 7) is 3.79. The van der Waals surface area contributed by atoms with Gasteiger partial charge in [-0.2, -0.15) is 0 Å². The van der Waals surface area contributed by atoms with Crippen molar-refractivity contribution in [3.8, 4) is 11.4 Å². The highest BCUT2D eigenvalue weighted by Gasteiger charge is 2.18. The van der Waals surface area contributed by atoms with Crippen molar-refractivity contribution in [2.45, 2.75) is 25.7 Å². The SMILES string of the molecule is Cc1cc(C(=O)CSc2nnc(COc3ccccc3Cl)o2)c(C)n1-c1cccc(F)c1. The van der Waals surface area contributed by atoms with Gasteiger partial charge in [0.25, 0.3) is 11.1 Å². The fourth-order valence-corrected chi connectivity index (χ4v) is 4.17. The van der Waals surface area contributed by atoms with E-state index in [1.54, 1.807) is 30.3 Å². The van der Waals surface area contributed by atoms with Crippen LogP contribution in [0.3, 0.4) is 0 Å². The number of para-hydroxylation sites is 1. The van der Waals surface area contributed by atoms with Crippen LogP contribution in [0.5, 0.6) is 5.75 Å². The molecule has 0 unspecified atom stereocenters. The highest BCUT2D eigenvalue weighted by molar-refractivity contribution is 7.99. The Morgan fingerprint density at radius 2 is 1.97 bits per heavy atom. The average Bonchev–Trinajstić information content (AvgIpc) is 3.35. The van der Waals surface area contributed by atoms with E-state index in [-0.39, 0.29) is 35.1 Å². The molecule has 6 nitrogen and oxygen atoms in total. The first-order valence-corrected chi connectivity index (χ1v) is 11.1. The summed E-state index contributed by atoms with van der Waals surface area (Å²) in [5.41, 5.74) is 2.84. The van der Waals surface area contributed by atoms with Gasteiger partial charge >= 0.3 is 0 Å². The quantitative estimate of drug-likeness (QED) is 0.238. The first-order valence-electron chi connectivity index (χ1n) is 9.73. The van der Waals surface area contributed by atoms with Crippen molar-refractivity contribution in [3.63, 3.8) is 0 Å². The second-order valence-corrected chi connectivity index (χ2v) is 8.33. The molecular weight excluding hydrogens is 453 g/mol. The lowest BCUT2D eigenvalue weighted by molar-refractivity contribution is 0.102. The highest BCUT2D eigenvalue weighted by Crippen LogP contribution is 2.26. The molecule has 2 aromatic carbocycles. The van der Waals surface area contributed by atoms with Gasteiger partial charge in [-0.15, -0.1) is 10.2 Å². The minimum absolute atomic E-state index is 0.0695. The van der Waals surface area contributed by atoms with Crippen molar-refractivity contribution in [3.05, 3.63) is 88.3 Å². The number of carbonyl (C=O) groups excluding carboxylic acids is 1. The van der Waals surface area contributed by atoms with Gasteiger partial charge in [-0.1, -0.05) is 41.6 Å². The molecule has 4 rings (SSSR count). The zero-order valence-electron chi connectivity index (χ0n) is 17.3. The van der Waals surface area contributed by atoms with Gasteiger partial charge in [0.1, 0.15) is 11.6 Å². The molecule has 4 aromatic rings. The first kappa shape index (κ1) is 22.1. The third-order valence-electron chi connectivity index (χ3n) is 4.76. The van der Waals surface area contributed by atoms with E-state index in [4.69, 9.17) is 20.8 Å². The van der Waals surface area contributed by atoms with Crippen LogP contribution in [0, 0.1) is 19.7 Å². The molecule has 0 aliphatic carbocycles. The number of aryl methyl sites for hydroxylation is 1. The Morgan fingerprint density at radius 3 is 2.75 bits per heavy atom. The summed E-state index contributed by atoms with van der Waals surface area (Å²) >= 11 is 7.21. The summed E-state index contributed by atoms with van der Waals surface area (Å²) in [6, 6.07) is 15.2. The minimum Gasteiger partial charge on any atom is -0.482 e. The summed E-state index contributed by atoms with van der Waals surface area (Å²) < 4.78 is 26.6. The van der Waals surface area contributed by atoms with E-state index >= 15 is 0 Å². The monoisotopic (exact) mass is 471 g/mol. The lowest BCUT2D eigenvalue weighted by Gasteiger charge is -2.09. The predicted molar refractivity (Wildman–Crippen MR) is 120 cm³/mol. The van der Waals surface area contributed by atoms with Crippen LogP contribution < -0.4 is 4.74 Å². The van der Waals surface area contributed by atoms with Crippen LogP contribution in [-0.4, -0.2) is 26.3 Å². The van der Waals surface area contributed by atoms with Crippen LogP contribution in [-0.2, 0) is 6.61 Å². The van der Waals surface area contributed by atoms with E-state index in [1.807, 2.05) is 30.5 Å². The minimum atomic E-state index is -0.329. The van der Waals surface area contributed by atoms with E-state index in [2.05, 4.69) is 10.2 Å². The third-order valence-corrected chi connectivity index (χ3v) is 5.89. The molecule has 2 aromatic heterocycles. The topological polar surface area (TPSA) is 70.2 Å². The summed E-state index contributed by atoms with van der Waals surface area (Å²) in [6.07, 6.45) is 0. The molecular formula is C23H19ClFN3O3S. The number of carbonyl (C=O) groups is 1. The van der Waals surface area contributed by atoms with E-state index < -0.39 is 0 Å². The Bertz CT molecular complexity index is 1270. The van der Waals surface area contributed by atoms with Gasteiger partial charge in [-0.05, 0) is 50.2 Å². The molecule has 9 heteroatoms. The zero-order valence-corrected chi connectivity index (χ0v) is 18.9. The molecule has 0 saturated heterocycles. The van der Waals surface area contributed by atoms with Crippen LogP contribution in [0.1, 0.15) is 27.6 Å². The molecule has 0 radical (unpaired) electrons. The number of rotatable bonds is 8. The van der Waals surface area contributed by atoms with Gasteiger partial charge in [-0.3, -0.25) is 4.79 Å². The van der Waals surface area contributed by atoms with Crippen molar-refractivity contribution in [1.29, 1.82) is 0 Å². The number of nitrogens with zero attached hydrogens (tertiary/aromatic N) is 3. The van der Waals surface area contributed by atoms with Crippen LogP contribution in [0.25, 0.3) is 5.69 Å². The van der Waals surface area contributed by atoms with Gasteiger partial charge < -0.3 is 13.7 Å². The summed E-state index contributed by atoms with van der Waals surface area (Å²) in [7, 11) is 0. The maximum absolute atomic E-state index is 13.6. The maximum Gasteiger partial charge on any atom is 0.277 e. The Kier molecular flexibility index (Phi) is 6.62. The summed E-state index contributed by atoms with van der Waals surface area (Å²) in [4.78, 5) is 12.8. The Morgan fingerprint density at radius 1 is 1.16 bits per heavy atom. The molecule has 0 fully saturated rings.